The zero-order valence-corrected chi connectivity index (χ0v) is 9.14. The monoisotopic (exact) mass is 244 g/mol. The summed E-state index contributed by atoms with van der Waals surface area (Å²) in [6.07, 6.45) is -2.33. The highest BCUT2D eigenvalue weighted by Gasteiger charge is 2.48. The summed E-state index contributed by atoms with van der Waals surface area (Å²) in [5, 5.41) is 18.6. The minimum Gasteiger partial charge on any atom is -0.508 e. The van der Waals surface area contributed by atoms with E-state index < -0.39 is 18.1 Å². The van der Waals surface area contributed by atoms with Gasteiger partial charge in [0.15, 0.2) is 6.10 Å². The molecule has 0 spiro atoms. The van der Waals surface area contributed by atoms with Crippen LogP contribution in [0.25, 0.3) is 0 Å². The number of hydrogen-bond acceptors (Lipinski definition) is 3. The molecule has 1 fully saturated rings. The lowest BCUT2D eigenvalue weighted by Gasteiger charge is -2.35. The smallest absolute Gasteiger partial charge is 0.286 e. The van der Waals surface area contributed by atoms with Crippen molar-refractivity contribution < 1.29 is 23.7 Å². The number of alkyl halides is 2. The summed E-state index contributed by atoms with van der Waals surface area (Å²) in [4.78, 5) is 0. The van der Waals surface area contributed by atoms with Gasteiger partial charge in [0.05, 0.1) is 6.10 Å². The number of benzene rings is 1. The molecular weight excluding hydrogens is 230 g/mol. The van der Waals surface area contributed by atoms with Crippen LogP contribution in [0.5, 0.6) is 11.5 Å². The summed E-state index contributed by atoms with van der Waals surface area (Å²) >= 11 is 0. The molecule has 0 radical (unpaired) electrons. The molecule has 2 rings (SSSR count). The Bertz CT molecular complexity index is 378. The van der Waals surface area contributed by atoms with Gasteiger partial charge in [0.1, 0.15) is 11.5 Å². The molecule has 5 heteroatoms. The number of ether oxygens (including phenoxy) is 1. The van der Waals surface area contributed by atoms with Crippen LogP contribution < -0.4 is 4.74 Å². The molecule has 0 saturated heterocycles. The fraction of sp³-hybridized carbons (Fsp3) is 0.500. The maximum atomic E-state index is 13.5. The minimum absolute atomic E-state index is 0.0355. The average molecular weight is 244 g/mol. The van der Waals surface area contributed by atoms with Crippen LogP contribution in [0.15, 0.2) is 24.3 Å². The highest BCUT2D eigenvalue weighted by Crippen LogP contribution is 2.36. The predicted molar refractivity (Wildman–Crippen MR) is 57.3 cm³/mol. The van der Waals surface area contributed by atoms with E-state index >= 15 is 0 Å². The molecule has 17 heavy (non-hydrogen) atoms. The third kappa shape index (κ3) is 2.66. The molecule has 0 amide bonds. The van der Waals surface area contributed by atoms with Gasteiger partial charge < -0.3 is 14.9 Å². The Labute approximate surface area is 97.6 Å². The maximum absolute atomic E-state index is 13.5. The van der Waals surface area contributed by atoms with E-state index in [1.165, 1.54) is 24.3 Å². The number of aliphatic hydroxyl groups is 1. The van der Waals surface area contributed by atoms with Gasteiger partial charge in [0.25, 0.3) is 5.92 Å². The summed E-state index contributed by atoms with van der Waals surface area (Å²) in [6, 6.07) is 5.49. The average Bonchev–Trinajstić information content (AvgIpc) is 2.26. The Morgan fingerprint density at radius 2 is 1.88 bits per heavy atom. The summed E-state index contributed by atoms with van der Waals surface area (Å²) in [5.74, 6) is -2.77. The van der Waals surface area contributed by atoms with E-state index in [-0.39, 0.29) is 17.9 Å². The molecule has 1 aliphatic carbocycles. The quantitative estimate of drug-likeness (QED) is 0.839. The van der Waals surface area contributed by atoms with E-state index in [0.717, 1.165) is 0 Å². The van der Waals surface area contributed by atoms with Gasteiger partial charge >= 0.3 is 0 Å². The summed E-state index contributed by atoms with van der Waals surface area (Å²) < 4.78 is 32.2. The zero-order valence-electron chi connectivity index (χ0n) is 9.14. The van der Waals surface area contributed by atoms with E-state index in [1.807, 2.05) is 0 Å². The van der Waals surface area contributed by atoms with E-state index in [0.29, 0.717) is 12.8 Å². The fourth-order valence-corrected chi connectivity index (χ4v) is 1.96. The van der Waals surface area contributed by atoms with Crippen LogP contribution in [0.4, 0.5) is 8.78 Å². The van der Waals surface area contributed by atoms with Crippen molar-refractivity contribution in [1.29, 1.82) is 0 Å². The molecule has 0 aromatic heterocycles. The molecule has 2 N–H and O–H groups in total. The number of phenolic OH excluding ortho intramolecular Hbond substituents is 1. The van der Waals surface area contributed by atoms with Gasteiger partial charge in [-0.05, 0) is 37.1 Å². The second-order valence-corrected chi connectivity index (χ2v) is 4.25. The van der Waals surface area contributed by atoms with Crippen LogP contribution in [0.2, 0.25) is 0 Å². The van der Waals surface area contributed by atoms with Crippen LogP contribution in [-0.4, -0.2) is 28.3 Å². The van der Waals surface area contributed by atoms with Crippen molar-refractivity contribution in [1.82, 2.24) is 0 Å². The van der Waals surface area contributed by atoms with E-state index in [9.17, 15) is 13.9 Å². The summed E-state index contributed by atoms with van der Waals surface area (Å²) in [5.41, 5.74) is 0. The lowest BCUT2D eigenvalue weighted by Crippen LogP contribution is -2.50. The highest BCUT2D eigenvalue weighted by molar-refractivity contribution is 5.30. The number of aliphatic hydroxyl groups excluding tert-OH is 1. The molecule has 3 nitrogen and oxygen atoms in total. The third-order valence-corrected chi connectivity index (χ3v) is 2.88. The van der Waals surface area contributed by atoms with E-state index in [1.54, 1.807) is 0 Å². The molecule has 94 valence electrons. The Morgan fingerprint density at radius 1 is 1.24 bits per heavy atom. The van der Waals surface area contributed by atoms with E-state index in [4.69, 9.17) is 9.84 Å². The first-order chi connectivity index (χ1) is 7.99. The molecule has 2 atom stereocenters. The van der Waals surface area contributed by atoms with Gasteiger partial charge in [0, 0.05) is 6.42 Å². The predicted octanol–water partition coefficient (Wildman–Crippen LogP) is 2.32. The van der Waals surface area contributed by atoms with Crippen LogP contribution in [-0.2, 0) is 0 Å². The molecule has 0 bridgehead atoms. The molecule has 1 aromatic carbocycles. The number of aromatic hydroxyl groups is 1. The molecule has 0 unspecified atom stereocenters. The maximum Gasteiger partial charge on any atom is 0.286 e. The Kier molecular flexibility index (Phi) is 3.19. The Hall–Kier alpha value is -1.36. The molecule has 0 aliphatic heterocycles. The first kappa shape index (κ1) is 12.1. The first-order valence-electron chi connectivity index (χ1n) is 5.50. The Morgan fingerprint density at radius 3 is 2.47 bits per heavy atom. The Balaban J connectivity index is 2.12. The standard InChI is InChI=1S/C12H14F2O3/c13-12(14)7-1-2-10(16)11(12)17-9-5-3-8(15)4-6-9/h3-6,10-11,15-16H,1-2,7H2/t10-,11+/m1/s1. The minimum atomic E-state index is -3.02. The van der Waals surface area contributed by atoms with Crippen LogP contribution in [0.3, 0.4) is 0 Å². The summed E-state index contributed by atoms with van der Waals surface area (Å²) in [6.45, 7) is 0. The second-order valence-electron chi connectivity index (χ2n) is 4.25. The van der Waals surface area contributed by atoms with Gasteiger partial charge in [0.2, 0.25) is 0 Å². The van der Waals surface area contributed by atoms with Crippen LogP contribution in [0, 0.1) is 0 Å². The van der Waals surface area contributed by atoms with Crippen LogP contribution in [0.1, 0.15) is 19.3 Å². The lowest BCUT2D eigenvalue weighted by molar-refractivity contribution is -0.163. The first-order valence-corrected chi connectivity index (χ1v) is 5.50. The van der Waals surface area contributed by atoms with Gasteiger partial charge in [-0.25, -0.2) is 8.78 Å². The highest BCUT2D eigenvalue weighted by atomic mass is 19.3. The van der Waals surface area contributed by atoms with Gasteiger partial charge in [-0.2, -0.15) is 0 Å². The number of hydrogen-bond donors (Lipinski definition) is 2. The van der Waals surface area contributed by atoms with Crippen molar-refractivity contribution in [3.63, 3.8) is 0 Å². The molecular formula is C12H14F2O3. The van der Waals surface area contributed by atoms with E-state index in [2.05, 4.69) is 0 Å². The zero-order chi connectivity index (χ0) is 12.5. The second kappa shape index (κ2) is 4.49. The van der Waals surface area contributed by atoms with Gasteiger partial charge in [-0.1, -0.05) is 0 Å². The topological polar surface area (TPSA) is 49.7 Å². The normalized spacial score (nSPS) is 27.7. The molecule has 0 heterocycles. The number of halogens is 2. The van der Waals surface area contributed by atoms with Crippen molar-refractivity contribution in [2.45, 2.75) is 37.4 Å². The van der Waals surface area contributed by atoms with Crippen LogP contribution >= 0.6 is 0 Å². The van der Waals surface area contributed by atoms with Crippen molar-refractivity contribution in [2.24, 2.45) is 0 Å². The molecule has 1 aliphatic rings. The van der Waals surface area contributed by atoms with Crippen molar-refractivity contribution in [3.8, 4) is 11.5 Å². The SMILES string of the molecule is Oc1ccc(O[C@H]2[C@H](O)CCCC2(F)F)cc1. The third-order valence-electron chi connectivity index (χ3n) is 2.88. The number of rotatable bonds is 2. The summed E-state index contributed by atoms with van der Waals surface area (Å²) in [7, 11) is 0. The van der Waals surface area contributed by atoms with Crippen molar-refractivity contribution in [3.05, 3.63) is 24.3 Å². The van der Waals surface area contributed by atoms with Crippen molar-refractivity contribution >= 4 is 0 Å². The van der Waals surface area contributed by atoms with Gasteiger partial charge in [-0.3, -0.25) is 0 Å². The molecule has 1 saturated carbocycles. The molecule has 1 aromatic rings. The lowest BCUT2D eigenvalue weighted by atomic mass is 9.91. The fourth-order valence-electron chi connectivity index (χ4n) is 1.96. The largest absolute Gasteiger partial charge is 0.508 e. The van der Waals surface area contributed by atoms with Gasteiger partial charge in [-0.15, -0.1) is 0 Å². The van der Waals surface area contributed by atoms with Crippen molar-refractivity contribution in [2.75, 3.05) is 0 Å². The number of phenols is 1.